The van der Waals surface area contributed by atoms with Gasteiger partial charge in [-0.05, 0) is 71.3 Å². The second-order valence-corrected chi connectivity index (χ2v) is 5.79. The van der Waals surface area contributed by atoms with Gasteiger partial charge in [-0.15, -0.1) is 0 Å². The molecule has 0 bridgehead atoms. The summed E-state index contributed by atoms with van der Waals surface area (Å²) in [5, 5.41) is 7.13. The summed E-state index contributed by atoms with van der Waals surface area (Å²) < 4.78 is 53.4. The van der Waals surface area contributed by atoms with Crippen molar-refractivity contribution in [3.8, 4) is 0 Å². The van der Waals surface area contributed by atoms with E-state index in [1.807, 2.05) is 0 Å². The van der Waals surface area contributed by atoms with Gasteiger partial charge in [-0.3, -0.25) is 5.14 Å². The van der Waals surface area contributed by atoms with Gasteiger partial charge in [-0.25, -0.2) is 4.39 Å². The summed E-state index contributed by atoms with van der Waals surface area (Å²) in [7, 11) is 0. The van der Waals surface area contributed by atoms with Gasteiger partial charge < -0.3 is 4.72 Å². The summed E-state index contributed by atoms with van der Waals surface area (Å²) in [5.41, 5.74) is 0.608. The molecule has 0 unspecified atom stereocenters. The van der Waals surface area contributed by atoms with E-state index < -0.39 is 11.7 Å². The minimum Gasteiger partial charge on any atom is -0.325 e. The standard InChI is InChI=1S/C15H12F4N2S2/c16-12-5-6-13(14(9-12)23-20)21-22-8-7-10-1-3-11(4-2-10)15(17,18)19/h1-9,21H,20H2/b8-7+. The highest BCUT2D eigenvalue weighted by Crippen LogP contribution is 2.30. The average molecular weight is 360 g/mol. The van der Waals surface area contributed by atoms with E-state index in [2.05, 4.69) is 4.72 Å². The van der Waals surface area contributed by atoms with E-state index >= 15 is 0 Å². The van der Waals surface area contributed by atoms with Crippen LogP contribution in [0.1, 0.15) is 11.1 Å². The molecule has 0 fully saturated rings. The van der Waals surface area contributed by atoms with Crippen LogP contribution in [0.25, 0.3) is 6.08 Å². The van der Waals surface area contributed by atoms with E-state index in [0.717, 1.165) is 24.1 Å². The molecule has 2 aromatic rings. The maximum Gasteiger partial charge on any atom is 0.416 e. The van der Waals surface area contributed by atoms with Crippen molar-refractivity contribution < 1.29 is 17.6 Å². The molecule has 0 atom stereocenters. The Bertz CT molecular complexity index is 685. The first-order chi connectivity index (χ1) is 10.9. The number of anilines is 1. The fourth-order valence-corrected chi connectivity index (χ4v) is 2.76. The lowest BCUT2D eigenvalue weighted by Gasteiger charge is -2.07. The van der Waals surface area contributed by atoms with Crippen LogP contribution in [0.4, 0.5) is 23.2 Å². The highest BCUT2D eigenvalue weighted by atomic mass is 32.2. The maximum absolute atomic E-state index is 13.1. The van der Waals surface area contributed by atoms with Gasteiger partial charge in [0.05, 0.1) is 11.3 Å². The molecule has 8 heteroatoms. The molecule has 0 saturated carbocycles. The van der Waals surface area contributed by atoms with Gasteiger partial charge in [0, 0.05) is 4.90 Å². The van der Waals surface area contributed by atoms with E-state index in [9.17, 15) is 17.6 Å². The number of alkyl halides is 3. The van der Waals surface area contributed by atoms with Crippen LogP contribution in [0.15, 0.2) is 52.8 Å². The maximum atomic E-state index is 13.1. The Morgan fingerprint density at radius 1 is 1.04 bits per heavy atom. The van der Waals surface area contributed by atoms with Crippen LogP contribution in [-0.4, -0.2) is 0 Å². The van der Waals surface area contributed by atoms with Gasteiger partial charge in [0.15, 0.2) is 0 Å². The fraction of sp³-hybridized carbons (Fsp3) is 0.0667. The summed E-state index contributed by atoms with van der Waals surface area (Å²) in [6.07, 6.45) is -2.67. The van der Waals surface area contributed by atoms with E-state index in [1.165, 1.54) is 36.2 Å². The lowest BCUT2D eigenvalue weighted by atomic mass is 10.1. The molecule has 3 N–H and O–H groups in total. The molecule has 2 rings (SSSR count). The van der Waals surface area contributed by atoms with Crippen molar-refractivity contribution in [3.05, 3.63) is 64.8 Å². The molecule has 0 aliphatic rings. The van der Waals surface area contributed by atoms with Crippen LogP contribution < -0.4 is 9.86 Å². The van der Waals surface area contributed by atoms with Crippen LogP contribution in [-0.2, 0) is 6.18 Å². The van der Waals surface area contributed by atoms with Crippen molar-refractivity contribution in [1.82, 2.24) is 0 Å². The Labute approximate surface area is 139 Å². The van der Waals surface area contributed by atoms with Crippen molar-refractivity contribution in [3.63, 3.8) is 0 Å². The van der Waals surface area contributed by atoms with E-state index in [-0.39, 0.29) is 5.82 Å². The van der Waals surface area contributed by atoms with Gasteiger partial charge in [0.1, 0.15) is 5.82 Å². The summed E-state index contributed by atoms with van der Waals surface area (Å²) in [4.78, 5) is 0.556. The first kappa shape index (κ1) is 17.7. The Balaban J connectivity index is 1.95. The fourth-order valence-electron chi connectivity index (χ4n) is 1.67. The normalized spacial score (nSPS) is 11.9. The molecule has 0 aliphatic heterocycles. The number of nitrogens with one attached hydrogen (secondary N) is 1. The third-order valence-electron chi connectivity index (χ3n) is 2.81. The topological polar surface area (TPSA) is 38.0 Å². The smallest absolute Gasteiger partial charge is 0.325 e. The van der Waals surface area contributed by atoms with E-state index in [4.69, 9.17) is 5.14 Å². The quantitative estimate of drug-likeness (QED) is 0.542. The lowest BCUT2D eigenvalue weighted by Crippen LogP contribution is -2.03. The number of hydrogen-bond acceptors (Lipinski definition) is 4. The molecule has 0 spiro atoms. The minimum absolute atomic E-state index is 0.381. The van der Waals surface area contributed by atoms with E-state index in [1.54, 1.807) is 17.6 Å². The Morgan fingerprint density at radius 2 is 1.74 bits per heavy atom. The Morgan fingerprint density at radius 3 is 2.35 bits per heavy atom. The van der Waals surface area contributed by atoms with Crippen molar-refractivity contribution in [1.29, 1.82) is 0 Å². The molecule has 2 nitrogen and oxygen atoms in total. The monoisotopic (exact) mass is 360 g/mol. The molecular weight excluding hydrogens is 348 g/mol. The van der Waals surface area contributed by atoms with Gasteiger partial charge in [-0.2, -0.15) is 13.2 Å². The van der Waals surface area contributed by atoms with Crippen molar-refractivity contribution in [2.24, 2.45) is 5.14 Å². The summed E-state index contributed by atoms with van der Waals surface area (Å²) in [6.45, 7) is 0. The molecule has 0 aliphatic carbocycles. The number of halogens is 4. The molecule has 122 valence electrons. The zero-order chi connectivity index (χ0) is 16.9. The van der Waals surface area contributed by atoms with Crippen LogP contribution in [0.3, 0.4) is 0 Å². The second kappa shape index (κ2) is 7.76. The van der Waals surface area contributed by atoms with E-state index in [0.29, 0.717) is 16.1 Å². The average Bonchev–Trinajstić information content (AvgIpc) is 2.52. The van der Waals surface area contributed by atoms with Crippen molar-refractivity contribution >= 4 is 35.7 Å². The molecule has 23 heavy (non-hydrogen) atoms. The number of benzene rings is 2. The predicted molar refractivity (Wildman–Crippen MR) is 88.1 cm³/mol. The summed E-state index contributed by atoms with van der Waals surface area (Å²) >= 11 is 2.12. The first-order valence-electron chi connectivity index (χ1n) is 6.32. The van der Waals surface area contributed by atoms with Crippen molar-refractivity contribution in [2.45, 2.75) is 11.1 Å². The molecule has 0 heterocycles. The molecule has 0 radical (unpaired) electrons. The third-order valence-corrected chi connectivity index (χ3v) is 4.01. The Hall–Kier alpha value is -1.64. The summed E-state index contributed by atoms with van der Waals surface area (Å²) in [6, 6.07) is 9.01. The highest BCUT2D eigenvalue weighted by molar-refractivity contribution is 8.03. The van der Waals surface area contributed by atoms with Gasteiger partial charge >= 0.3 is 6.18 Å². The molecule has 0 aromatic heterocycles. The predicted octanol–water partition coefficient (Wildman–Crippen LogP) is 5.54. The SMILES string of the molecule is NSc1cc(F)ccc1NS/C=C/c1ccc(C(F)(F)F)cc1. The molecular formula is C15H12F4N2S2. The van der Waals surface area contributed by atoms with Gasteiger partial charge in [0.25, 0.3) is 0 Å². The zero-order valence-corrected chi connectivity index (χ0v) is 13.2. The third kappa shape index (κ3) is 5.19. The van der Waals surface area contributed by atoms with Gasteiger partial charge in [0.2, 0.25) is 0 Å². The number of hydrogen-bond donors (Lipinski definition) is 2. The molecule has 2 aromatic carbocycles. The second-order valence-electron chi connectivity index (χ2n) is 4.40. The van der Waals surface area contributed by atoms with Crippen LogP contribution in [0.5, 0.6) is 0 Å². The van der Waals surface area contributed by atoms with Crippen LogP contribution >= 0.6 is 23.9 Å². The van der Waals surface area contributed by atoms with Crippen LogP contribution in [0.2, 0.25) is 0 Å². The highest BCUT2D eigenvalue weighted by Gasteiger charge is 2.29. The van der Waals surface area contributed by atoms with Gasteiger partial charge in [-0.1, -0.05) is 12.1 Å². The number of rotatable bonds is 5. The largest absolute Gasteiger partial charge is 0.416 e. The Kier molecular flexibility index (Phi) is 5.97. The molecule has 0 amide bonds. The molecule has 0 saturated heterocycles. The number of nitrogens with two attached hydrogens (primary N) is 1. The lowest BCUT2D eigenvalue weighted by molar-refractivity contribution is -0.137. The van der Waals surface area contributed by atoms with Crippen LogP contribution in [0, 0.1) is 5.82 Å². The van der Waals surface area contributed by atoms with Crippen molar-refractivity contribution in [2.75, 3.05) is 4.72 Å². The first-order valence-corrected chi connectivity index (χ1v) is 8.08. The summed E-state index contributed by atoms with van der Waals surface area (Å²) in [5.74, 6) is -0.381. The minimum atomic E-state index is -4.34. The zero-order valence-electron chi connectivity index (χ0n) is 11.6.